The summed E-state index contributed by atoms with van der Waals surface area (Å²) in [6.45, 7) is 0. The summed E-state index contributed by atoms with van der Waals surface area (Å²) in [4.78, 5) is 15.1. The molecule has 13 heavy (non-hydrogen) atoms. The van der Waals surface area contributed by atoms with Crippen molar-refractivity contribution in [1.29, 1.82) is 0 Å². The Hall–Kier alpha value is -0.880. The third-order valence-electron chi connectivity index (χ3n) is 1.28. The van der Waals surface area contributed by atoms with E-state index in [4.69, 9.17) is 0 Å². The van der Waals surface area contributed by atoms with Crippen LogP contribution in [0.5, 0.6) is 0 Å². The molecule has 0 amide bonds. The maximum absolute atomic E-state index is 4.08. The molecule has 0 aromatic carbocycles. The first-order valence-corrected chi connectivity index (χ1v) is 5.10. The molecule has 0 saturated heterocycles. The molecule has 2 aromatic heterocycles. The minimum atomic E-state index is 0.775. The lowest BCUT2D eigenvalue weighted by Crippen LogP contribution is -1.83. The first-order valence-electron chi connectivity index (χ1n) is 3.49. The standard InChI is InChI=1S/C7H5BrN4S/c8-5-3-6(12-4-11-5)13-7-9-1-2-10-7/h1-4H,(H,9,10). The predicted octanol–water partition coefficient (Wildman–Crippen LogP) is 2.11. The van der Waals surface area contributed by atoms with Crippen LogP contribution in [0.4, 0.5) is 0 Å². The molecule has 0 atom stereocenters. The summed E-state index contributed by atoms with van der Waals surface area (Å²) >= 11 is 4.73. The fourth-order valence-electron chi connectivity index (χ4n) is 0.779. The number of rotatable bonds is 2. The van der Waals surface area contributed by atoms with Gasteiger partial charge in [-0.1, -0.05) is 0 Å². The van der Waals surface area contributed by atoms with Gasteiger partial charge in [0.2, 0.25) is 0 Å². The molecule has 0 radical (unpaired) electrons. The van der Waals surface area contributed by atoms with Crippen LogP contribution in [0.25, 0.3) is 0 Å². The van der Waals surface area contributed by atoms with Gasteiger partial charge in [0.1, 0.15) is 16.0 Å². The second kappa shape index (κ2) is 3.89. The van der Waals surface area contributed by atoms with E-state index in [0.717, 1.165) is 14.8 Å². The summed E-state index contributed by atoms with van der Waals surface area (Å²) in [5, 5.41) is 1.68. The van der Waals surface area contributed by atoms with Crippen LogP contribution >= 0.6 is 27.7 Å². The van der Waals surface area contributed by atoms with Gasteiger partial charge in [0.15, 0.2) is 5.16 Å². The quantitative estimate of drug-likeness (QED) is 0.837. The number of aromatic amines is 1. The zero-order valence-corrected chi connectivity index (χ0v) is 8.84. The van der Waals surface area contributed by atoms with Crippen molar-refractivity contribution < 1.29 is 0 Å². The van der Waals surface area contributed by atoms with Crippen LogP contribution in [-0.2, 0) is 0 Å². The normalized spacial score (nSPS) is 10.2. The van der Waals surface area contributed by atoms with Crippen molar-refractivity contribution in [3.8, 4) is 0 Å². The smallest absolute Gasteiger partial charge is 0.171 e. The highest BCUT2D eigenvalue weighted by Gasteiger charge is 2.00. The number of imidazole rings is 1. The van der Waals surface area contributed by atoms with Gasteiger partial charge in [-0.25, -0.2) is 15.0 Å². The average molecular weight is 257 g/mol. The van der Waals surface area contributed by atoms with E-state index in [2.05, 4.69) is 35.9 Å². The van der Waals surface area contributed by atoms with Crippen LogP contribution < -0.4 is 0 Å². The van der Waals surface area contributed by atoms with Gasteiger partial charge >= 0.3 is 0 Å². The SMILES string of the molecule is Brc1cc(Sc2ncc[nH]2)ncn1. The Balaban J connectivity index is 2.19. The van der Waals surface area contributed by atoms with Crippen molar-refractivity contribution in [2.75, 3.05) is 0 Å². The Kier molecular flexibility index (Phi) is 2.60. The van der Waals surface area contributed by atoms with Gasteiger partial charge in [0.25, 0.3) is 0 Å². The average Bonchev–Trinajstić information content (AvgIpc) is 2.57. The largest absolute Gasteiger partial charge is 0.339 e. The lowest BCUT2D eigenvalue weighted by Gasteiger charge is -1.95. The third kappa shape index (κ3) is 2.28. The molecule has 0 unspecified atom stereocenters. The van der Waals surface area contributed by atoms with Crippen molar-refractivity contribution >= 4 is 27.7 Å². The minimum Gasteiger partial charge on any atom is -0.339 e. The predicted molar refractivity (Wildman–Crippen MR) is 52.4 cm³/mol. The summed E-state index contributed by atoms with van der Waals surface area (Å²) < 4.78 is 0.775. The van der Waals surface area contributed by atoms with E-state index < -0.39 is 0 Å². The first kappa shape index (κ1) is 8.71. The van der Waals surface area contributed by atoms with Crippen molar-refractivity contribution in [1.82, 2.24) is 19.9 Å². The highest BCUT2D eigenvalue weighted by atomic mass is 79.9. The molecule has 0 bridgehead atoms. The number of hydrogen-bond acceptors (Lipinski definition) is 4. The molecule has 0 fully saturated rings. The Morgan fingerprint density at radius 1 is 1.31 bits per heavy atom. The topological polar surface area (TPSA) is 54.5 Å². The monoisotopic (exact) mass is 256 g/mol. The van der Waals surface area contributed by atoms with Crippen LogP contribution in [0, 0.1) is 0 Å². The fraction of sp³-hybridized carbons (Fsp3) is 0. The van der Waals surface area contributed by atoms with Crippen LogP contribution in [-0.4, -0.2) is 19.9 Å². The van der Waals surface area contributed by atoms with Crippen molar-refractivity contribution in [2.45, 2.75) is 10.2 Å². The van der Waals surface area contributed by atoms with Crippen LogP contribution in [0.1, 0.15) is 0 Å². The second-order valence-electron chi connectivity index (χ2n) is 2.18. The van der Waals surface area contributed by atoms with E-state index >= 15 is 0 Å². The molecule has 1 N–H and O–H groups in total. The molecule has 0 aliphatic rings. The number of hydrogen-bond donors (Lipinski definition) is 1. The maximum Gasteiger partial charge on any atom is 0.171 e. The van der Waals surface area contributed by atoms with Crippen LogP contribution in [0.3, 0.4) is 0 Å². The van der Waals surface area contributed by atoms with Gasteiger partial charge in [-0.15, -0.1) is 0 Å². The van der Waals surface area contributed by atoms with E-state index in [1.165, 1.54) is 18.1 Å². The molecule has 4 nitrogen and oxygen atoms in total. The van der Waals surface area contributed by atoms with E-state index in [-0.39, 0.29) is 0 Å². The fourth-order valence-corrected chi connectivity index (χ4v) is 1.95. The molecule has 0 aliphatic carbocycles. The number of halogens is 1. The minimum absolute atomic E-state index is 0.775. The van der Waals surface area contributed by atoms with Crippen LogP contribution in [0.2, 0.25) is 0 Å². The molecule has 0 aliphatic heterocycles. The molecule has 2 rings (SSSR count). The zero-order chi connectivity index (χ0) is 9.10. The highest BCUT2D eigenvalue weighted by molar-refractivity contribution is 9.10. The Morgan fingerprint density at radius 3 is 2.92 bits per heavy atom. The molecule has 0 saturated carbocycles. The Morgan fingerprint density at radius 2 is 2.23 bits per heavy atom. The number of aromatic nitrogens is 4. The van der Waals surface area contributed by atoms with E-state index in [9.17, 15) is 0 Å². The highest BCUT2D eigenvalue weighted by Crippen LogP contribution is 2.23. The summed E-state index contributed by atoms with van der Waals surface area (Å²) in [6.07, 6.45) is 4.99. The van der Waals surface area contributed by atoms with E-state index in [1.54, 1.807) is 12.4 Å². The zero-order valence-electron chi connectivity index (χ0n) is 6.44. The van der Waals surface area contributed by atoms with Crippen LogP contribution in [0.15, 0.2) is 39.6 Å². The molecular weight excluding hydrogens is 252 g/mol. The van der Waals surface area contributed by atoms with E-state index in [0.29, 0.717) is 0 Å². The molecule has 66 valence electrons. The first-order chi connectivity index (χ1) is 6.34. The van der Waals surface area contributed by atoms with Gasteiger partial charge < -0.3 is 4.98 Å². The van der Waals surface area contributed by atoms with Gasteiger partial charge in [0.05, 0.1) is 0 Å². The molecular formula is C7H5BrN4S. The molecule has 2 aromatic rings. The van der Waals surface area contributed by atoms with Gasteiger partial charge in [0, 0.05) is 18.5 Å². The Bertz CT molecular complexity index is 389. The lowest BCUT2D eigenvalue weighted by atomic mass is 10.7. The van der Waals surface area contributed by atoms with Gasteiger partial charge in [-0.2, -0.15) is 0 Å². The summed E-state index contributed by atoms with van der Waals surface area (Å²) in [6, 6.07) is 1.84. The van der Waals surface area contributed by atoms with E-state index in [1.807, 2.05) is 6.07 Å². The van der Waals surface area contributed by atoms with Gasteiger partial charge in [-0.3, -0.25) is 0 Å². The number of nitrogens with zero attached hydrogens (tertiary/aromatic N) is 3. The maximum atomic E-state index is 4.08. The molecule has 2 heterocycles. The summed E-state index contributed by atoms with van der Waals surface area (Å²) in [5.74, 6) is 0. The summed E-state index contributed by atoms with van der Waals surface area (Å²) in [5.41, 5.74) is 0. The van der Waals surface area contributed by atoms with Crippen molar-refractivity contribution in [2.24, 2.45) is 0 Å². The lowest BCUT2D eigenvalue weighted by molar-refractivity contribution is 1.00. The van der Waals surface area contributed by atoms with Gasteiger partial charge in [-0.05, 0) is 27.7 Å². The third-order valence-corrected chi connectivity index (χ3v) is 2.57. The second-order valence-corrected chi connectivity index (χ2v) is 4.00. The van der Waals surface area contributed by atoms with Crippen molar-refractivity contribution in [3.05, 3.63) is 29.4 Å². The molecule has 0 spiro atoms. The molecule has 6 heteroatoms. The van der Waals surface area contributed by atoms with Crippen molar-refractivity contribution in [3.63, 3.8) is 0 Å². The number of nitrogens with one attached hydrogen (secondary N) is 1. The summed E-state index contributed by atoms with van der Waals surface area (Å²) in [7, 11) is 0. The number of H-pyrrole nitrogens is 1. The Labute approximate surface area is 87.3 Å².